The average molecular weight is 181 g/mol. The molecule has 1 nitrogen and oxygen atoms in total. The van der Waals surface area contributed by atoms with Crippen molar-refractivity contribution in [3.8, 4) is 0 Å². The fourth-order valence-corrected chi connectivity index (χ4v) is 1.24. The first-order valence-corrected chi connectivity index (χ1v) is 3.29. The smallest absolute Gasteiger partial charge is 0.117 e. The number of thiazole rings is 1. The van der Waals surface area contributed by atoms with Gasteiger partial charge in [0.1, 0.15) is 4.60 Å². The SMILES string of the molecule is [2H]C([2H])([2H])c1nc(Br)cs1. The number of hydrogen-bond acceptors (Lipinski definition) is 2. The quantitative estimate of drug-likeness (QED) is 0.597. The van der Waals surface area contributed by atoms with Crippen molar-refractivity contribution in [2.75, 3.05) is 0 Å². The molecule has 0 aliphatic rings. The Morgan fingerprint density at radius 2 is 3.00 bits per heavy atom. The molecule has 0 aliphatic carbocycles. The van der Waals surface area contributed by atoms with Crippen LogP contribution in [0.5, 0.6) is 0 Å². The molecule has 38 valence electrons. The van der Waals surface area contributed by atoms with E-state index in [0.29, 0.717) is 4.60 Å². The monoisotopic (exact) mass is 180 g/mol. The molecule has 0 N–H and O–H groups in total. The van der Waals surface area contributed by atoms with Crippen molar-refractivity contribution in [3.63, 3.8) is 0 Å². The summed E-state index contributed by atoms with van der Waals surface area (Å²) in [5.74, 6) is 0. The molecule has 0 unspecified atom stereocenters. The predicted molar refractivity (Wildman–Crippen MR) is 34.6 cm³/mol. The van der Waals surface area contributed by atoms with E-state index < -0.39 is 6.85 Å². The predicted octanol–water partition coefficient (Wildman–Crippen LogP) is 2.21. The third-order valence-corrected chi connectivity index (χ3v) is 1.84. The number of nitrogens with zero attached hydrogens (tertiary/aromatic N) is 1. The Bertz CT molecular complexity index is 231. The maximum atomic E-state index is 6.95. The third-order valence-electron chi connectivity index (χ3n) is 0.476. The van der Waals surface area contributed by atoms with Crippen molar-refractivity contribution >= 4 is 27.3 Å². The molecule has 1 rings (SSSR count). The van der Waals surface area contributed by atoms with E-state index in [0.717, 1.165) is 11.3 Å². The van der Waals surface area contributed by atoms with E-state index in [9.17, 15) is 0 Å². The van der Waals surface area contributed by atoms with Crippen LogP contribution in [0.3, 0.4) is 0 Å². The van der Waals surface area contributed by atoms with E-state index in [1.807, 2.05) is 0 Å². The van der Waals surface area contributed by atoms with Gasteiger partial charge in [0.2, 0.25) is 0 Å². The van der Waals surface area contributed by atoms with Gasteiger partial charge in [0.05, 0.1) is 5.01 Å². The van der Waals surface area contributed by atoms with Crippen LogP contribution in [0.25, 0.3) is 0 Å². The molecule has 1 aromatic heterocycles. The molecule has 0 amide bonds. The van der Waals surface area contributed by atoms with Crippen LogP contribution in [-0.4, -0.2) is 4.98 Å². The molecule has 0 saturated carbocycles. The van der Waals surface area contributed by atoms with Gasteiger partial charge in [-0.05, 0) is 22.8 Å². The van der Waals surface area contributed by atoms with Crippen LogP contribution in [0.15, 0.2) is 9.98 Å². The van der Waals surface area contributed by atoms with Gasteiger partial charge in [-0.25, -0.2) is 4.98 Å². The lowest BCUT2D eigenvalue weighted by atomic mass is 10.8. The number of hydrogen-bond donors (Lipinski definition) is 0. The summed E-state index contributed by atoms with van der Waals surface area (Å²) in [7, 11) is 0. The Balaban J connectivity index is 2.96. The zero-order valence-corrected chi connectivity index (χ0v) is 5.71. The lowest BCUT2D eigenvalue weighted by Gasteiger charge is -1.69. The van der Waals surface area contributed by atoms with Crippen molar-refractivity contribution in [1.29, 1.82) is 0 Å². The molecule has 1 heterocycles. The Labute approximate surface area is 58.7 Å². The highest BCUT2D eigenvalue weighted by molar-refractivity contribution is 9.10. The summed E-state index contributed by atoms with van der Waals surface area (Å²) >= 11 is 4.21. The largest absolute Gasteiger partial charge is 0.235 e. The summed E-state index contributed by atoms with van der Waals surface area (Å²) in [6.45, 7) is -2.06. The second-order valence-corrected chi connectivity index (χ2v) is 2.65. The highest BCUT2D eigenvalue weighted by Gasteiger charge is 1.87. The normalized spacial score (nSPS) is 17.6. The zero-order valence-electron chi connectivity index (χ0n) is 6.31. The molecule has 1 aromatic rings. The lowest BCUT2D eigenvalue weighted by Crippen LogP contribution is -1.61. The molecule has 0 aromatic carbocycles. The highest BCUT2D eigenvalue weighted by Crippen LogP contribution is 2.12. The van der Waals surface area contributed by atoms with Crippen LogP contribution in [0.4, 0.5) is 0 Å². The van der Waals surface area contributed by atoms with Crippen molar-refractivity contribution in [1.82, 2.24) is 4.98 Å². The van der Waals surface area contributed by atoms with Crippen molar-refractivity contribution < 1.29 is 4.11 Å². The van der Waals surface area contributed by atoms with Crippen LogP contribution in [0, 0.1) is 6.85 Å². The summed E-state index contributed by atoms with van der Waals surface area (Å²) in [5, 5.41) is 1.83. The van der Waals surface area contributed by atoms with Crippen LogP contribution >= 0.6 is 27.3 Å². The van der Waals surface area contributed by atoms with E-state index in [2.05, 4.69) is 20.9 Å². The lowest BCUT2D eigenvalue weighted by molar-refractivity contribution is 1.26. The fraction of sp³-hybridized carbons (Fsp3) is 0.250. The zero-order chi connectivity index (χ0) is 7.78. The second kappa shape index (κ2) is 1.92. The second-order valence-electron chi connectivity index (χ2n) is 0.975. The number of aryl methyl sites for hydroxylation is 1. The van der Waals surface area contributed by atoms with E-state index in [1.54, 1.807) is 5.38 Å². The van der Waals surface area contributed by atoms with E-state index in [1.165, 1.54) is 0 Å². The Hall–Kier alpha value is 0.110. The van der Waals surface area contributed by atoms with Gasteiger partial charge in [-0.15, -0.1) is 11.3 Å². The van der Waals surface area contributed by atoms with Crippen molar-refractivity contribution in [2.45, 2.75) is 6.85 Å². The first-order chi connectivity index (χ1) is 4.50. The van der Waals surface area contributed by atoms with Gasteiger partial charge in [-0.2, -0.15) is 0 Å². The number of aromatic nitrogens is 1. The molecule has 0 radical (unpaired) electrons. The van der Waals surface area contributed by atoms with Crippen LogP contribution in [0.1, 0.15) is 9.12 Å². The Morgan fingerprint density at radius 1 is 2.14 bits per heavy atom. The van der Waals surface area contributed by atoms with Crippen LogP contribution in [-0.2, 0) is 0 Å². The standard InChI is InChI=1S/C4H4BrNS/c1-3-6-4(5)2-7-3/h2H,1H3/i1D3. The summed E-state index contributed by atoms with van der Waals surface area (Å²) in [4.78, 5) is 3.75. The van der Waals surface area contributed by atoms with Gasteiger partial charge < -0.3 is 0 Å². The molecule has 3 heteroatoms. The minimum Gasteiger partial charge on any atom is -0.235 e. The minimum absolute atomic E-state index is 0.180. The first kappa shape index (κ1) is 2.60. The van der Waals surface area contributed by atoms with Crippen molar-refractivity contribution in [2.24, 2.45) is 0 Å². The summed E-state index contributed by atoms with van der Waals surface area (Å²) < 4.78 is 21.4. The molecule has 0 fully saturated rings. The minimum atomic E-state index is -2.06. The van der Waals surface area contributed by atoms with Gasteiger partial charge in [0, 0.05) is 9.49 Å². The summed E-state index contributed by atoms with van der Waals surface area (Å²) in [6.07, 6.45) is 0. The van der Waals surface area contributed by atoms with Crippen molar-refractivity contribution in [3.05, 3.63) is 15.0 Å². The van der Waals surface area contributed by atoms with Gasteiger partial charge in [0.25, 0.3) is 0 Å². The van der Waals surface area contributed by atoms with Gasteiger partial charge in [-0.3, -0.25) is 0 Å². The van der Waals surface area contributed by atoms with Gasteiger partial charge in [-0.1, -0.05) is 0 Å². The molecule has 0 atom stereocenters. The first-order valence-electron chi connectivity index (χ1n) is 3.11. The van der Waals surface area contributed by atoms with E-state index >= 15 is 0 Å². The maximum Gasteiger partial charge on any atom is 0.117 e. The number of rotatable bonds is 0. The Morgan fingerprint density at radius 3 is 3.29 bits per heavy atom. The molecular weight excluding hydrogens is 174 g/mol. The topological polar surface area (TPSA) is 12.9 Å². The highest BCUT2D eigenvalue weighted by atomic mass is 79.9. The average Bonchev–Trinajstić information content (AvgIpc) is 2.11. The molecule has 0 bridgehead atoms. The maximum absolute atomic E-state index is 6.95. The molecule has 0 spiro atoms. The fourth-order valence-electron chi connectivity index (χ4n) is 0.254. The van der Waals surface area contributed by atoms with Gasteiger partial charge >= 0.3 is 0 Å². The van der Waals surface area contributed by atoms with Crippen LogP contribution < -0.4 is 0 Å². The van der Waals surface area contributed by atoms with E-state index in [-0.39, 0.29) is 5.01 Å². The van der Waals surface area contributed by atoms with Crippen LogP contribution in [0.2, 0.25) is 0 Å². The molecule has 0 saturated heterocycles. The Kier molecular flexibility index (Phi) is 0.713. The molecule has 0 aliphatic heterocycles. The molecular formula is C4H4BrNS. The molecule has 7 heavy (non-hydrogen) atoms. The summed E-state index contributed by atoms with van der Waals surface area (Å²) in [5.41, 5.74) is 0. The number of halogens is 1. The van der Waals surface area contributed by atoms with E-state index in [4.69, 9.17) is 4.11 Å². The summed E-state index contributed by atoms with van der Waals surface area (Å²) in [6, 6.07) is 0. The third kappa shape index (κ3) is 1.24. The van der Waals surface area contributed by atoms with Gasteiger partial charge in [0.15, 0.2) is 0 Å².